The first-order chi connectivity index (χ1) is 14.2. The van der Waals surface area contributed by atoms with E-state index in [0.29, 0.717) is 17.2 Å². The molecule has 2 aromatic carbocycles. The van der Waals surface area contributed by atoms with Gasteiger partial charge in [0.15, 0.2) is 5.13 Å². The van der Waals surface area contributed by atoms with E-state index < -0.39 is 0 Å². The van der Waals surface area contributed by atoms with Crippen molar-refractivity contribution in [1.29, 1.82) is 0 Å². The van der Waals surface area contributed by atoms with Crippen LogP contribution in [0.25, 0.3) is 21.3 Å². The van der Waals surface area contributed by atoms with Gasteiger partial charge in [0, 0.05) is 18.7 Å². The monoisotopic (exact) mass is 407 g/mol. The molecule has 7 nitrogen and oxygen atoms in total. The molecule has 1 fully saturated rings. The summed E-state index contributed by atoms with van der Waals surface area (Å²) in [4.78, 5) is 20.0. The average molecular weight is 407 g/mol. The van der Waals surface area contributed by atoms with Crippen LogP contribution >= 0.6 is 11.3 Å². The van der Waals surface area contributed by atoms with Gasteiger partial charge in [0.05, 0.1) is 28.4 Å². The smallest absolute Gasteiger partial charge is 0.260 e. The van der Waals surface area contributed by atoms with Crippen molar-refractivity contribution in [3.8, 4) is 0 Å². The Hall–Kier alpha value is -2.84. The van der Waals surface area contributed by atoms with Crippen molar-refractivity contribution in [3.63, 3.8) is 0 Å². The summed E-state index contributed by atoms with van der Waals surface area (Å²) in [6.07, 6.45) is 2.02. The Morgan fingerprint density at radius 2 is 2.17 bits per heavy atom. The number of fused-ring (bicyclic) bond motifs is 2. The lowest BCUT2D eigenvalue weighted by Gasteiger charge is -2.23. The van der Waals surface area contributed by atoms with E-state index in [4.69, 9.17) is 9.72 Å². The molecule has 5 rings (SSSR count). The highest BCUT2D eigenvalue weighted by molar-refractivity contribution is 7.22. The number of ether oxygens (including phenoxy) is 1. The standard InChI is InChI=1S/C21H21N5O2S/c1-2-26-18-10-9-14(12-17(18)23-24-26)20(27)25(13-15-6-5-11-28-15)21-22-16-7-3-4-8-19(16)29-21/h3-4,7-10,12,15H,2,5-6,11,13H2,1H3/t15-/m0/s1. The molecule has 1 aliphatic rings. The molecule has 0 saturated carbocycles. The molecule has 8 heteroatoms. The van der Waals surface area contributed by atoms with Gasteiger partial charge in [-0.1, -0.05) is 28.7 Å². The molecule has 0 aliphatic carbocycles. The van der Waals surface area contributed by atoms with E-state index in [1.54, 1.807) is 4.90 Å². The number of hydrogen-bond donors (Lipinski definition) is 0. The van der Waals surface area contributed by atoms with Crippen molar-refractivity contribution >= 4 is 43.6 Å². The van der Waals surface area contributed by atoms with Gasteiger partial charge in [0.1, 0.15) is 5.52 Å². The number of carbonyl (C=O) groups is 1. The molecule has 0 spiro atoms. The predicted molar refractivity (Wildman–Crippen MR) is 113 cm³/mol. The molecule has 0 bridgehead atoms. The molecule has 0 N–H and O–H groups in total. The SMILES string of the molecule is CCn1nnc2cc(C(=O)N(C[C@@H]3CCCO3)c3nc4ccccc4s3)ccc21. The molecule has 1 aliphatic heterocycles. The van der Waals surface area contributed by atoms with E-state index >= 15 is 0 Å². The van der Waals surface area contributed by atoms with Crippen LogP contribution in [0, 0.1) is 0 Å². The lowest BCUT2D eigenvalue weighted by Crippen LogP contribution is -2.37. The molecular weight excluding hydrogens is 386 g/mol. The van der Waals surface area contributed by atoms with Gasteiger partial charge in [0.2, 0.25) is 0 Å². The van der Waals surface area contributed by atoms with Crippen LogP contribution in [0.3, 0.4) is 0 Å². The maximum atomic E-state index is 13.5. The number of nitrogens with zero attached hydrogens (tertiary/aromatic N) is 5. The Morgan fingerprint density at radius 1 is 1.28 bits per heavy atom. The van der Waals surface area contributed by atoms with Gasteiger partial charge in [-0.25, -0.2) is 9.67 Å². The minimum Gasteiger partial charge on any atom is -0.376 e. The maximum absolute atomic E-state index is 13.5. The second kappa shape index (κ2) is 7.53. The topological polar surface area (TPSA) is 73.1 Å². The number of para-hydroxylation sites is 1. The molecule has 0 radical (unpaired) electrons. The number of aromatic nitrogens is 4. The van der Waals surface area contributed by atoms with Gasteiger partial charge in [-0.2, -0.15) is 0 Å². The summed E-state index contributed by atoms with van der Waals surface area (Å²) in [7, 11) is 0. The summed E-state index contributed by atoms with van der Waals surface area (Å²) in [5.74, 6) is -0.0903. The summed E-state index contributed by atoms with van der Waals surface area (Å²) < 4.78 is 8.70. The molecule has 1 amide bonds. The zero-order chi connectivity index (χ0) is 19.8. The highest BCUT2D eigenvalue weighted by Crippen LogP contribution is 2.31. The summed E-state index contributed by atoms with van der Waals surface area (Å²) in [6, 6.07) is 13.5. The number of benzene rings is 2. The zero-order valence-electron chi connectivity index (χ0n) is 16.1. The number of carbonyl (C=O) groups excluding carboxylic acids is 1. The summed E-state index contributed by atoms with van der Waals surface area (Å²) in [5.41, 5.74) is 3.13. The van der Waals surface area contributed by atoms with Gasteiger partial charge in [-0.05, 0) is 50.1 Å². The van der Waals surface area contributed by atoms with Crippen molar-refractivity contribution in [2.45, 2.75) is 32.4 Å². The third kappa shape index (κ3) is 3.38. The Morgan fingerprint density at radius 3 is 2.97 bits per heavy atom. The van der Waals surface area contributed by atoms with Crippen LogP contribution in [0.2, 0.25) is 0 Å². The van der Waals surface area contributed by atoms with Crippen LogP contribution in [0.5, 0.6) is 0 Å². The van der Waals surface area contributed by atoms with Gasteiger partial charge in [-0.3, -0.25) is 9.69 Å². The van der Waals surface area contributed by atoms with Crippen LogP contribution < -0.4 is 4.90 Å². The fraction of sp³-hybridized carbons (Fsp3) is 0.333. The van der Waals surface area contributed by atoms with E-state index in [1.165, 1.54) is 11.3 Å². The van der Waals surface area contributed by atoms with Crippen molar-refractivity contribution < 1.29 is 9.53 Å². The van der Waals surface area contributed by atoms with Crippen molar-refractivity contribution in [2.24, 2.45) is 0 Å². The third-order valence-corrected chi connectivity index (χ3v) is 6.29. The number of rotatable bonds is 5. The average Bonchev–Trinajstić information content (AvgIpc) is 3.49. The first-order valence-corrected chi connectivity index (χ1v) is 10.7. The number of hydrogen-bond acceptors (Lipinski definition) is 6. The van der Waals surface area contributed by atoms with Gasteiger partial charge in [0.25, 0.3) is 5.91 Å². The van der Waals surface area contributed by atoms with Crippen LogP contribution in [0.15, 0.2) is 42.5 Å². The van der Waals surface area contributed by atoms with Crippen molar-refractivity contribution in [3.05, 3.63) is 48.0 Å². The predicted octanol–water partition coefficient (Wildman–Crippen LogP) is 3.89. The second-order valence-electron chi connectivity index (χ2n) is 7.12. The van der Waals surface area contributed by atoms with Crippen molar-refractivity contribution in [2.75, 3.05) is 18.1 Å². The minimum absolute atomic E-state index is 0.0376. The molecule has 0 unspecified atom stereocenters. The quantitative estimate of drug-likeness (QED) is 0.502. The molecule has 29 heavy (non-hydrogen) atoms. The Bertz CT molecular complexity index is 1150. The first-order valence-electron chi connectivity index (χ1n) is 9.85. The Kier molecular flexibility index (Phi) is 4.73. The van der Waals surface area contributed by atoms with E-state index in [0.717, 1.165) is 47.2 Å². The largest absolute Gasteiger partial charge is 0.376 e. The lowest BCUT2D eigenvalue weighted by molar-refractivity contribution is 0.0917. The van der Waals surface area contributed by atoms with E-state index in [2.05, 4.69) is 10.3 Å². The number of amides is 1. The molecule has 3 heterocycles. The fourth-order valence-corrected chi connectivity index (χ4v) is 4.68. The fourth-order valence-electron chi connectivity index (χ4n) is 3.71. The molecule has 148 valence electrons. The van der Waals surface area contributed by atoms with Gasteiger partial charge in [-0.15, -0.1) is 5.10 Å². The molecule has 1 saturated heterocycles. The zero-order valence-corrected chi connectivity index (χ0v) is 16.9. The van der Waals surface area contributed by atoms with E-state index in [1.807, 2.05) is 54.1 Å². The molecule has 2 aromatic heterocycles. The van der Waals surface area contributed by atoms with E-state index in [-0.39, 0.29) is 12.0 Å². The second-order valence-corrected chi connectivity index (χ2v) is 8.13. The summed E-state index contributed by atoms with van der Waals surface area (Å²) >= 11 is 1.53. The highest BCUT2D eigenvalue weighted by atomic mass is 32.1. The number of aryl methyl sites for hydroxylation is 1. The van der Waals surface area contributed by atoms with Gasteiger partial charge < -0.3 is 4.74 Å². The van der Waals surface area contributed by atoms with Gasteiger partial charge >= 0.3 is 0 Å². The van der Waals surface area contributed by atoms with Crippen molar-refractivity contribution in [1.82, 2.24) is 20.0 Å². The van der Waals surface area contributed by atoms with Crippen LogP contribution in [-0.4, -0.2) is 45.1 Å². The number of anilines is 1. The first kappa shape index (κ1) is 18.2. The lowest BCUT2D eigenvalue weighted by atomic mass is 10.1. The third-order valence-electron chi connectivity index (χ3n) is 5.23. The summed E-state index contributed by atoms with van der Waals surface area (Å²) in [6.45, 7) is 4.00. The molecular formula is C21H21N5O2S. The Balaban J connectivity index is 1.53. The van der Waals surface area contributed by atoms with E-state index in [9.17, 15) is 4.79 Å². The molecule has 4 aromatic rings. The Labute approximate surface area is 171 Å². The van der Waals surface area contributed by atoms with Crippen LogP contribution in [0.1, 0.15) is 30.1 Å². The summed E-state index contributed by atoms with van der Waals surface area (Å²) in [5, 5.41) is 9.05. The normalized spacial score (nSPS) is 16.7. The number of thiazole rings is 1. The minimum atomic E-state index is -0.0903. The molecule has 1 atom stereocenters. The van der Waals surface area contributed by atoms with Crippen LogP contribution in [0.4, 0.5) is 5.13 Å². The maximum Gasteiger partial charge on any atom is 0.260 e. The van der Waals surface area contributed by atoms with Crippen LogP contribution in [-0.2, 0) is 11.3 Å². The highest BCUT2D eigenvalue weighted by Gasteiger charge is 2.27.